The minimum absolute atomic E-state index is 0.241. The maximum Gasteiger partial charge on any atom is 0.142 e. The van der Waals surface area contributed by atoms with Gasteiger partial charge in [-0.25, -0.2) is 0 Å². The van der Waals surface area contributed by atoms with Crippen molar-refractivity contribution in [3.05, 3.63) is 70.6 Å². The molecule has 1 aromatic carbocycles. The molecule has 1 N–H and O–H groups in total. The summed E-state index contributed by atoms with van der Waals surface area (Å²) in [5.74, 6) is 2.26. The molecule has 0 bridgehead atoms. The molecule has 1 aliphatic heterocycles. The summed E-state index contributed by atoms with van der Waals surface area (Å²) in [4.78, 5) is 17.8. The van der Waals surface area contributed by atoms with Crippen LogP contribution in [0.2, 0.25) is 0 Å². The van der Waals surface area contributed by atoms with Crippen molar-refractivity contribution in [3.63, 3.8) is 0 Å². The first-order valence-corrected chi connectivity index (χ1v) is 12.1. The number of nitrogens with zero attached hydrogens (tertiary/aromatic N) is 3. The number of aromatic nitrogens is 1. The van der Waals surface area contributed by atoms with Crippen LogP contribution in [0.1, 0.15) is 55.0 Å². The summed E-state index contributed by atoms with van der Waals surface area (Å²) in [6, 6.07) is 11.9. The molecule has 0 radical (unpaired) electrons. The van der Waals surface area contributed by atoms with Gasteiger partial charge in [0, 0.05) is 43.2 Å². The van der Waals surface area contributed by atoms with Gasteiger partial charge in [0.05, 0.1) is 0 Å². The second-order valence-electron chi connectivity index (χ2n) is 9.94. The quantitative estimate of drug-likeness (QED) is 0.512. The number of fused-ring (bicyclic) bond motifs is 1. The number of likely N-dealkylation sites (tertiary alicyclic amines) is 1. The van der Waals surface area contributed by atoms with E-state index in [4.69, 9.17) is 4.42 Å². The molecule has 170 valence electrons. The Morgan fingerprint density at radius 2 is 1.85 bits per heavy atom. The topological polar surface area (TPSA) is 78.9 Å². The summed E-state index contributed by atoms with van der Waals surface area (Å²) >= 11 is 0. The summed E-state index contributed by atoms with van der Waals surface area (Å²) in [5, 5.41) is 14.9. The molecule has 3 aliphatic rings. The summed E-state index contributed by atoms with van der Waals surface area (Å²) in [6.07, 6.45) is 9.20. The number of rotatable bonds is 6. The first-order chi connectivity index (χ1) is 16.1. The highest BCUT2D eigenvalue weighted by Crippen LogP contribution is 2.44. The molecule has 6 nitrogen and oxygen atoms in total. The van der Waals surface area contributed by atoms with Gasteiger partial charge in [0.15, 0.2) is 0 Å². The molecule has 3 heterocycles. The van der Waals surface area contributed by atoms with E-state index in [0.717, 1.165) is 66.4 Å². The van der Waals surface area contributed by atoms with Crippen LogP contribution in [0, 0.1) is 10.8 Å². The van der Waals surface area contributed by atoms with E-state index in [1.165, 1.54) is 18.4 Å². The van der Waals surface area contributed by atoms with Gasteiger partial charge < -0.3 is 14.4 Å². The Labute approximate surface area is 193 Å². The molecule has 3 aromatic rings. The fraction of sp³-hybridized carbons (Fsp3) is 0.444. The highest BCUT2D eigenvalue weighted by atomic mass is 16.4. The van der Waals surface area contributed by atoms with Crippen LogP contribution in [-0.4, -0.2) is 34.6 Å². The number of hydrogen-bond acceptors (Lipinski definition) is 6. The van der Waals surface area contributed by atoms with E-state index in [9.17, 15) is 10.0 Å². The Balaban J connectivity index is 1.36. The average Bonchev–Trinajstić information content (AvgIpc) is 3.39. The lowest BCUT2D eigenvalue weighted by atomic mass is 9.88. The summed E-state index contributed by atoms with van der Waals surface area (Å²) in [7, 11) is 0. The van der Waals surface area contributed by atoms with Crippen molar-refractivity contribution in [1.82, 2.24) is 9.88 Å². The molecule has 2 aromatic heterocycles. The number of piperidine rings is 1. The Morgan fingerprint density at radius 1 is 1.06 bits per heavy atom. The van der Waals surface area contributed by atoms with Gasteiger partial charge in [-0.3, -0.25) is 4.98 Å². The molecule has 2 aliphatic carbocycles. The third kappa shape index (κ3) is 3.91. The van der Waals surface area contributed by atoms with Crippen LogP contribution in [0.25, 0.3) is 22.5 Å². The zero-order valence-corrected chi connectivity index (χ0v) is 18.7. The van der Waals surface area contributed by atoms with Gasteiger partial charge in [-0.1, -0.05) is 23.4 Å². The normalized spacial score (nSPS) is 22.3. The second-order valence-corrected chi connectivity index (χ2v) is 9.94. The van der Waals surface area contributed by atoms with Crippen LogP contribution in [-0.2, 0) is 12.0 Å². The molecular weight excluding hydrogens is 414 g/mol. The van der Waals surface area contributed by atoms with Crippen molar-refractivity contribution in [1.29, 1.82) is 0 Å². The highest BCUT2D eigenvalue weighted by molar-refractivity contribution is 5.81. The number of benzene rings is 1. The maximum absolute atomic E-state index is 11.6. The lowest BCUT2D eigenvalue weighted by molar-refractivity contribution is -0.0423. The number of nitroso groups, excluding NO2 is 1. The molecule has 0 amide bonds. The number of hydrogen-bond donors (Lipinski definition) is 1. The van der Waals surface area contributed by atoms with Gasteiger partial charge >= 0.3 is 0 Å². The van der Waals surface area contributed by atoms with Crippen molar-refractivity contribution in [2.45, 2.75) is 50.2 Å². The second kappa shape index (κ2) is 8.19. The molecule has 1 atom stereocenters. The van der Waals surface area contributed by atoms with Crippen molar-refractivity contribution >= 4 is 0 Å². The minimum atomic E-state index is -0.955. The van der Waals surface area contributed by atoms with Crippen molar-refractivity contribution < 1.29 is 9.52 Å². The van der Waals surface area contributed by atoms with Gasteiger partial charge in [0.2, 0.25) is 0 Å². The van der Waals surface area contributed by atoms with E-state index in [2.05, 4.69) is 21.1 Å². The molecule has 1 saturated heterocycles. The average molecular weight is 444 g/mol. The smallest absolute Gasteiger partial charge is 0.142 e. The Hall–Kier alpha value is -2.83. The Kier molecular flexibility index (Phi) is 5.15. The third-order valence-electron chi connectivity index (χ3n) is 7.66. The van der Waals surface area contributed by atoms with Crippen LogP contribution < -0.4 is 0 Å². The zero-order valence-electron chi connectivity index (χ0n) is 18.7. The van der Waals surface area contributed by atoms with Gasteiger partial charge in [0.25, 0.3) is 0 Å². The lowest BCUT2D eigenvalue weighted by Crippen LogP contribution is -2.43. The predicted octanol–water partition coefficient (Wildman–Crippen LogP) is 5.46. The number of furan rings is 1. The van der Waals surface area contributed by atoms with E-state index < -0.39 is 5.60 Å². The molecule has 6 rings (SSSR count). The van der Waals surface area contributed by atoms with E-state index in [1.807, 2.05) is 30.3 Å². The summed E-state index contributed by atoms with van der Waals surface area (Å²) in [5.41, 5.74) is 4.20. The first-order valence-electron chi connectivity index (χ1n) is 12.1. The predicted molar refractivity (Wildman–Crippen MR) is 127 cm³/mol. The summed E-state index contributed by atoms with van der Waals surface area (Å²) in [6.45, 7) is 2.95. The van der Waals surface area contributed by atoms with Crippen LogP contribution >= 0.6 is 0 Å². The number of aliphatic hydroxyl groups is 1. The molecule has 2 fully saturated rings. The maximum atomic E-state index is 11.6. The summed E-state index contributed by atoms with van der Waals surface area (Å²) < 4.78 is 6.42. The van der Waals surface area contributed by atoms with Gasteiger partial charge in [-0.05, 0) is 79.3 Å². The monoisotopic (exact) mass is 443 g/mol. The SMILES string of the molecule is O=NC1CCc2cc(-c3cc(C4(O)CCN(CC5CC5)CC4)oc3-c3ccncc3)ccc21. The van der Waals surface area contributed by atoms with E-state index in [0.29, 0.717) is 18.6 Å². The molecule has 1 unspecified atom stereocenters. The Bertz CT molecular complexity index is 1160. The van der Waals surface area contributed by atoms with Crippen LogP contribution in [0.3, 0.4) is 0 Å². The van der Waals surface area contributed by atoms with Gasteiger partial charge in [0.1, 0.15) is 23.2 Å². The van der Waals surface area contributed by atoms with Crippen LogP contribution in [0.15, 0.2) is 58.4 Å². The molecular formula is C27H29N3O3. The lowest BCUT2D eigenvalue weighted by Gasteiger charge is -2.37. The first kappa shape index (κ1) is 20.8. The number of pyridine rings is 1. The molecule has 6 heteroatoms. The third-order valence-corrected chi connectivity index (χ3v) is 7.66. The van der Waals surface area contributed by atoms with Crippen molar-refractivity contribution in [3.8, 4) is 22.5 Å². The standard InChI is InChI=1S/C27H29N3O3/c31-27(9-13-30(14-10-27)17-18-1-2-18)25-16-23(26(33-25)19-7-11-28-12-8-19)21-3-5-22-20(15-21)4-6-24(22)29-32/h3,5,7-8,11-12,15-16,18,24,31H,1-2,4,6,9-10,13-14,17H2. The minimum Gasteiger partial charge on any atom is -0.457 e. The van der Waals surface area contributed by atoms with Crippen molar-refractivity contribution in [2.24, 2.45) is 11.1 Å². The molecule has 1 saturated carbocycles. The fourth-order valence-corrected chi connectivity index (χ4v) is 5.44. The van der Waals surface area contributed by atoms with Gasteiger partial charge in [-0.2, -0.15) is 4.91 Å². The van der Waals surface area contributed by atoms with E-state index >= 15 is 0 Å². The molecule has 0 spiro atoms. The van der Waals surface area contributed by atoms with E-state index in [-0.39, 0.29) is 6.04 Å². The largest absolute Gasteiger partial charge is 0.457 e. The van der Waals surface area contributed by atoms with Crippen molar-refractivity contribution in [2.75, 3.05) is 19.6 Å². The fourth-order valence-electron chi connectivity index (χ4n) is 5.44. The van der Waals surface area contributed by atoms with Crippen LogP contribution in [0.4, 0.5) is 0 Å². The van der Waals surface area contributed by atoms with E-state index in [1.54, 1.807) is 12.4 Å². The van der Waals surface area contributed by atoms with Gasteiger partial charge in [-0.15, -0.1) is 0 Å². The zero-order chi connectivity index (χ0) is 22.4. The van der Waals surface area contributed by atoms with Crippen LogP contribution in [0.5, 0.6) is 0 Å². The number of aryl methyl sites for hydroxylation is 1. The Morgan fingerprint density at radius 3 is 2.58 bits per heavy atom. The molecule has 33 heavy (non-hydrogen) atoms. The highest BCUT2D eigenvalue weighted by Gasteiger charge is 2.39.